The van der Waals surface area contributed by atoms with Crippen molar-refractivity contribution in [3.8, 4) is 5.69 Å². The molecule has 0 saturated carbocycles. The van der Waals surface area contributed by atoms with Crippen molar-refractivity contribution < 1.29 is 10.1 Å². The van der Waals surface area contributed by atoms with Crippen molar-refractivity contribution >= 4 is 5.78 Å². The average Bonchev–Trinajstić information content (AvgIpc) is 3.02. The standard InChI is InChI=1S/C15H17N3O/c19-15(13-5-7-16-8-6-13)12-1-3-14(4-2-12)18-10-9-17-11-18/h1-4,9-11,13,16H,5-8H2/p+1. The minimum atomic E-state index is 0.212. The smallest absolute Gasteiger partial charge is 0.166 e. The Kier molecular flexibility index (Phi) is 3.42. The number of nitrogens with two attached hydrogens (primary N) is 1. The van der Waals surface area contributed by atoms with Gasteiger partial charge in [0.15, 0.2) is 5.78 Å². The third-order valence-electron chi connectivity index (χ3n) is 3.76. The van der Waals surface area contributed by atoms with Gasteiger partial charge in [-0.15, -0.1) is 0 Å². The van der Waals surface area contributed by atoms with E-state index in [-0.39, 0.29) is 5.92 Å². The number of imidazole rings is 1. The molecule has 0 spiro atoms. The molecule has 1 aromatic heterocycles. The van der Waals surface area contributed by atoms with E-state index in [0.29, 0.717) is 5.78 Å². The zero-order valence-electron chi connectivity index (χ0n) is 10.8. The van der Waals surface area contributed by atoms with E-state index in [0.717, 1.165) is 37.2 Å². The molecule has 1 aliphatic rings. The minimum Gasteiger partial charge on any atom is -0.346 e. The van der Waals surface area contributed by atoms with Gasteiger partial charge in [0.05, 0.1) is 19.4 Å². The second kappa shape index (κ2) is 5.36. The number of rotatable bonds is 3. The van der Waals surface area contributed by atoms with E-state index in [1.54, 1.807) is 12.5 Å². The molecule has 3 rings (SSSR count). The molecular weight excluding hydrogens is 238 g/mol. The van der Waals surface area contributed by atoms with Crippen LogP contribution in [-0.2, 0) is 0 Å². The van der Waals surface area contributed by atoms with Crippen LogP contribution in [0.4, 0.5) is 0 Å². The molecule has 2 heterocycles. The monoisotopic (exact) mass is 256 g/mol. The second-order valence-corrected chi connectivity index (χ2v) is 5.02. The first-order chi connectivity index (χ1) is 9.34. The molecule has 0 unspecified atom stereocenters. The van der Waals surface area contributed by atoms with Crippen LogP contribution in [0.3, 0.4) is 0 Å². The molecule has 1 aromatic carbocycles. The Morgan fingerprint density at radius 1 is 1.21 bits per heavy atom. The van der Waals surface area contributed by atoms with Gasteiger partial charge in [-0.1, -0.05) is 0 Å². The summed E-state index contributed by atoms with van der Waals surface area (Å²) in [6.45, 7) is 2.15. The Morgan fingerprint density at radius 3 is 2.58 bits per heavy atom. The van der Waals surface area contributed by atoms with Crippen molar-refractivity contribution in [3.63, 3.8) is 0 Å². The molecule has 0 aliphatic carbocycles. The zero-order valence-corrected chi connectivity index (χ0v) is 10.8. The summed E-state index contributed by atoms with van der Waals surface area (Å²) in [4.78, 5) is 16.4. The van der Waals surface area contributed by atoms with Crippen molar-refractivity contribution in [2.75, 3.05) is 13.1 Å². The molecule has 1 fully saturated rings. The number of piperidine rings is 1. The van der Waals surface area contributed by atoms with Crippen molar-refractivity contribution in [1.82, 2.24) is 9.55 Å². The first kappa shape index (κ1) is 12.1. The van der Waals surface area contributed by atoms with Crippen LogP contribution in [0.15, 0.2) is 43.0 Å². The lowest BCUT2D eigenvalue weighted by atomic mass is 9.89. The number of hydrogen-bond acceptors (Lipinski definition) is 2. The number of Topliss-reactive ketones (excluding diaryl/α,β-unsaturated/α-hetero) is 1. The quantitative estimate of drug-likeness (QED) is 0.834. The SMILES string of the molecule is O=C(c1ccc(-n2ccnc2)cc1)C1CC[NH2+]CC1. The van der Waals surface area contributed by atoms with Gasteiger partial charge in [0, 0.05) is 42.4 Å². The lowest BCUT2D eigenvalue weighted by Crippen LogP contribution is -2.86. The maximum atomic E-state index is 12.4. The summed E-state index contributed by atoms with van der Waals surface area (Å²) in [5.74, 6) is 0.509. The molecule has 4 heteroatoms. The maximum absolute atomic E-state index is 12.4. The van der Waals surface area contributed by atoms with Crippen molar-refractivity contribution in [2.24, 2.45) is 5.92 Å². The van der Waals surface area contributed by atoms with Crippen LogP contribution >= 0.6 is 0 Å². The predicted molar refractivity (Wildman–Crippen MR) is 72.3 cm³/mol. The highest BCUT2D eigenvalue weighted by Gasteiger charge is 2.23. The van der Waals surface area contributed by atoms with Crippen LogP contribution in [0, 0.1) is 5.92 Å². The van der Waals surface area contributed by atoms with E-state index in [1.165, 1.54) is 0 Å². The molecule has 2 N–H and O–H groups in total. The molecule has 0 amide bonds. The van der Waals surface area contributed by atoms with E-state index in [2.05, 4.69) is 10.3 Å². The molecule has 1 saturated heterocycles. The predicted octanol–water partition coefficient (Wildman–Crippen LogP) is 1.03. The largest absolute Gasteiger partial charge is 0.346 e. The molecule has 0 atom stereocenters. The summed E-state index contributed by atoms with van der Waals surface area (Å²) in [5, 5.41) is 2.28. The van der Waals surface area contributed by atoms with Gasteiger partial charge in [0.25, 0.3) is 0 Å². The van der Waals surface area contributed by atoms with Gasteiger partial charge in [0.2, 0.25) is 0 Å². The Balaban J connectivity index is 1.76. The van der Waals surface area contributed by atoms with Crippen LogP contribution in [0.1, 0.15) is 23.2 Å². The molecule has 4 nitrogen and oxygen atoms in total. The average molecular weight is 256 g/mol. The van der Waals surface area contributed by atoms with Gasteiger partial charge < -0.3 is 9.88 Å². The number of hydrogen-bond donors (Lipinski definition) is 1. The lowest BCUT2D eigenvalue weighted by Gasteiger charge is -2.19. The summed E-state index contributed by atoms with van der Waals surface area (Å²) in [5.41, 5.74) is 1.86. The molecule has 0 radical (unpaired) electrons. The fourth-order valence-electron chi connectivity index (χ4n) is 2.63. The summed E-state index contributed by atoms with van der Waals surface area (Å²) in [7, 11) is 0. The van der Waals surface area contributed by atoms with E-state index >= 15 is 0 Å². The third-order valence-corrected chi connectivity index (χ3v) is 3.76. The summed E-state index contributed by atoms with van der Waals surface area (Å²) in [6.07, 6.45) is 7.41. The Bertz CT molecular complexity index is 539. The van der Waals surface area contributed by atoms with E-state index in [1.807, 2.05) is 35.0 Å². The van der Waals surface area contributed by atoms with Crippen LogP contribution in [-0.4, -0.2) is 28.4 Å². The van der Waals surface area contributed by atoms with E-state index in [9.17, 15) is 4.79 Å². The number of carbonyl (C=O) groups is 1. The Morgan fingerprint density at radius 2 is 1.95 bits per heavy atom. The number of quaternary nitrogens is 1. The van der Waals surface area contributed by atoms with E-state index < -0.39 is 0 Å². The molecule has 1 aliphatic heterocycles. The molecular formula is C15H18N3O+. The summed E-state index contributed by atoms with van der Waals surface area (Å²) in [6, 6.07) is 7.81. The molecule has 19 heavy (non-hydrogen) atoms. The van der Waals surface area contributed by atoms with Crippen molar-refractivity contribution in [2.45, 2.75) is 12.8 Å². The van der Waals surface area contributed by atoms with Crippen LogP contribution in [0.2, 0.25) is 0 Å². The molecule has 0 bridgehead atoms. The number of nitrogens with zero attached hydrogens (tertiary/aromatic N) is 2. The zero-order chi connectivity index (χ0) is 13.1. The topological polar surface area (TPSA) is 51.5 Å². The van der Waals surface area contributed by atoms with Crippen LogP contribution < -0.4 is 5.32 Å². The van der Waals surface area contributed by atoms with Gasteiger partial charge in [-0.25, -0.2) is 4.98 Å². The maximum Gasteiger partial charge on any atom is 0.166 e. The first-order valence-electron chi connectivity index (χ1n) is 6.79. The third kappa shape index (κ3) is 2.58. The van der Waals surface area contributed by atoms with Gasteiger partial charge in [-0.3, -0.25) is 4.79 Å². The fourth-order valence-corrected chi connectivity index (χ4v) is 2.63. The molecule has 2 aromatic rings. The first-order valence-corrected chi connectivity index (χ1v) is 6.79. The second-order valence-electron chi connectivity index (χ2n) is 5.02. The normalized spacial score (nSPS) is 16.4. The van der Waals surface area contributed by atoms with Gasteiger partial charge in [-0.05, 0) is 24.3 Å². The van der Waals surface area contributed by atoms with E-state index in [4.69, 9.17) is 0 Å². The highest BCUT2D eigenvalue weighted by atomic mass is 16.1. The van der Waals surface area contributed by atoms with Gasteiger partial charge in [0.1, 0.15) is 0 Å². The van der Waals surface area contributed by atoms with Crippen LogP contribution in [0.25, 0.3) is 5.69 Å². The number of aromatic nitrogens is 2. The minimum absolute atomic E-state index is 0.212. The number of ketones is 1. The Hall–Kier alpha value is -1.94. The number of carbonyl (C=O) groups excluding carboxylic acids is 1. The highest BCUT2D eigenvalue weighted by molar-refractivity contribution is 5.98. The lowest BCUT2D eigenvalue weighted by molar-refractivity contribution is -0.663. The molecule has 98 valence electrons. The highest BCUT2D eigenvalue weighted by Crippen LogP contribution is 2.18. The summed E-state index contributed by atoms with van der Waals surface area (Å²) < 4.78 is 1.93. The van der Waals surface area contributed by atoms with Gasteiger partial charge in [-0.2, -0.15) is 0 Å². The van der Waals surface area contributed by atoms with Crippen molar-refractivity contribution in [1.29, 1.82) is 0 Å². The van der Waals surface area contributed by atoms with Crippen molar-refractivity contribution in [3.05, 3.63) is 48.5 Å². The van der Waals surface area contributed by atoms with Crippen LogP contribution in [0.5, 0.6) is 0 Å². The Labute approximate surface area is 112 Å². The number of benzene rings is 1. The van der Waals surface area contributed by atoms with Gasteiger partial charge >= 0.3 is 0 Å². The fraction of sp³-hybridized carbons (Fsp3) is 0.333. The summed E-state index contributed by atoms with van der Waals surface area (Å²) >= 11 is 0.